The molecule has 0 unspecified atom stereocenters. The number of fused-ring (bicyclic) bond motifs is 8. The van der Waals surface area contributed by atoms with Crippen LogP contribution in [-0.2, 0) is 0 Å². The van der Waals surface area contributed by atoms with Gasteiger partial charge in [-0.3, -0.25) is 0 Å². The molecule has 0 radical (unpaired) electrons. The molecule has 8 rings (SSSR count). The van der Waals surface area contributed by atoms with Crippen molar-refractivity contribution in [3.63, 3.8) is 0 Å². The number of nitriles is 1. The van der Waals surface area contributed by atoms with Crippen molar-refractivity contribution in [1.29, 1.82) is 5.26 Å². The first-order valence-corrected chi connectivity index (χ1v) is 11.8. The summed E-state index contributed by atoms with van der Waals surface area (Å²) < 4.78 is 9.01. The van der Waals surface area contributed by atoms with E-state index in [1.54, 1.807) is 0 Å². The number of hydrogen-bond acceptors (Lipinski definition) is 2. The Kier molecular flexibility index (Phi) is 3.55. The molecule has 0 spiro atoms. The normalized spacial score (nSPS) is 12.7. The van der Waals surface area contributed by atoms with Gasteiger partial charge in [0.2, 0.25) is 0 Å². The van der Waals surface area contributed by atoms with Gasteiger partial charge in [0.05, 0.1) is 22.7 Å². The number of rotatable bonds is 1. The highest BCUT2D eigenvalue weighted by atomic mass is 16.5. The first-order valence-electron chi connectivity index (χ1n) is 11.8. The van der Waals surface area contributed by atoms with Gasteiger partial charge >= 0.3 is 0 Å². The van der Waals surface area contributed by atoms with Gasteiger partial charge in [-0.2, -0.15) is 5.26 Å². The predicted octanol–water partition coefficient (Wildman–Crippen LogP) is 5.26. The Morgan fingerprint density at radius 2 is 1.49 bits per heavy atom. The van der Waals surface area contributed by atoms with E-state index in [0.717, 1.165) is 22.6 Å². The highest BCUT2D eigenvalue weighted by Gasteiger charge is 2.40. The summed E-state index contributed by atoms with van der Waals surface area (Å²) in [4.78, 5) is 0. The number of hydrogen-bond donors (Lipinski definition) is 0. The molecule has 0 atom stereocenters. The quantitative estimate of drug-likeness (QED) is 0.324. The van der Waals surface area contributed by atoms with Gasteiger partial charge in [0.1, 0.15) is 11.5 Å². The Balaban J connectivity index is 1.41. The Morgan fingerprint density at radius 1 is 0.686 bits per heavy atom. The van der Waals surface area contributed by atoms with Crippen molar-refractivity contribution in [3.8, 4) is 34.4 Å². The van der Waals surface area contributed by atoms with E-state index in [0.29, 0.717) is 5.56 Å². The molecule has 5 aromatic carbocycles. The number of nitrogens with zero attached hydrogens (tertiary/aromatic N) is 2. The molecule has 0 saturated heterocycles. The average Bonchev–Trinajstić information content (AvgIpc) is 3.27. The number of ether oxygens (including phenoxy) is 1. The van der Waals surface area contributed by atoms with E-state index in [2.05, 4.69) is 89.5 Å². The molecule has 0 bridgehead atoms. The van der Waals surface area contributed by atoms with Gasteiger partial charge in [0, 0.05) is 16.5 Å². The van der Waals surface area contributed by atoms with Gasteiger partial charge in [0.25, 0.3) is 6.71 Å². The zero-order valence-electron chi connectivity index (χ0n) is 18.7. The summed E-state index contributed by atoms with van der Waals surface area (Å²) in [5.74, 6) is 1.81. The van der Waals surface area contributed by atoms with E-state index in [1.165, 1.54) is 43.9 Å². The summed E-state index contributed by atoms with van der Waals surface area (Å²) in [6.45, 7) is 0.112. The number of para-hydroxylation sites is 2. The molecule has 2 aliphatic heterocycles. The van der Waals surface area contributed by atoms with Crippen molar-refractivity contribution >= 4 is 44.9 Å². The van der Waals surface area contributed by atoms with Crippen LogP contribution in [0.4, 0.5) is 0 Å². The molecule has 0 N–H and O–H groups in total. The molecular formula is C31H17BN2O. The third kappa shape index (κ3) is 2.40. The van der Waals surface area contributed by atoms with Crippen LogP contribution in [0.2, 0.25) is 0 Å². The van der Waals surface area contributed by atoms with E-state index >= 15 is 0 Å². The fraction of sp³-hybridized carbons (Fsp3) is 0. The van der Waals surface area contributed by atoms with Crippen LogP contribution in [0.3, 0.4) is 0 Å². The lowest BCUT2D eigenvalue weighted by Gasteiger charge is -2.33. The van der Waals surface area contributed by atoms with Gasteiger partial charge in [-0.15, -0.1) is 0 Å². The molecule has 0 amide bonds. The second-order valence-electron chi connectivity index (χ2n) is 9.26. The lowest BCUT2D eigenvalue weighted by atomic mass is 9.34. The molecule has 6 aromatic rings. The van der Waals surface area contributed by atoms with Crippen LogP contribution in [0, 0.1) is 11.3 Å². The largest absolute Gasteiger partial charge is 0.458 e. The summed E-state index contributed by atoms with van der Waals surface area (Å²) >= 11 is 0. The molecule has 1 aromatic heterocycles. The van der Waals surface area contributed by atoms with Crippen molar-refractivity contribution in [2.45, 2.75) is 0 Å². The lowest BCUT2D eigenvalue weighted by Crippen LogP contribution is -2.58. The summed E-state index contributed by atoms with van der Waals surface area (Å²) in [5.41, 5.74) is 10.2. The topological polar surface area (TPSA) is 37.9 Å². The molecule has 2 aliphatic rings. The Labute approximate surface area is 202 Å². The molecule has 4 heteroatoms. The van der Waals surface area contributed by atoms with Crippen LogP contribution >= 0.6 is 0 Å². The maximum absolute atomic E-state index is 9.14. The molecule has 3 nitrogen and oxygen atoms in total. The van der Waals surface area contributed by atoms with Gasteiger partial charge in [-0.1, -0.05) is 60.7 Å². The summed E-state index contributed by atoms with van der Waals surface area (Å²) in [6.07, 6.45) is 0. The first-order chi connectivity index (χ1) is 17.3. The fourth-order valence-corrected chi connectivity index (χ4v) is 5.99. The van der Waals surface area contributed by atoms with Crippen LogP contribution in [0.1, 0.15) is 5.56 Å². The van der Waals surface area contributed by atoms with E-state index in [4.69, 9.17) is 10.00 Å². The predicted molar refractivity (Wildman–Crippen MR) is 142 cm³/mol. The minimum absolute atomic E-state index is 0.112. The van der Waals surface area contributed by atoms with Crippen molar-refractivity contribution < 1.29 is 4.74 Å². The summed E-state index contributed by atoms with van der Waals surface area (Å²) in [6, 6.07) is 38.1. The third-order valence-corrected chi connectivity index (χ3v) is 7.50. The van der Waals surface area contributed by atoms with Gasteiger partial charge in [-0.25, -0.2) is 0 Å². The van der Waals surface area contributed by atoms with Crippen molar-refractivity contribution in [2.75, 3.05) is 0 Å². The highest BCUT2D eigenvalue weighted by molar-refractivity contribution is 6.99. The van der Waals surface area contributed by atoms with Gasteiger partial charge in [-0.05, 0) is 70.0 Å². The molecular weight excluding hydrogens is 427 g/mol. The average molecular weight is 444 g/mol. The van der Waals surface area contributed by atoms with E-state index in [9.17, 15) is 0 Å². The van der Waals surface area contributed by atoms with Crippen LogP contribution in [0.15, 0.2) is 103 Å². The monoisotopic (exact) mass is 444 g/mol. The lowest BCUT2D eigenvalue weighted by molar-refractivity contribution is 0.488. The van der Waals surface area contributed by atoms with Crippen LogP contribution < -0.4 is 21.1 Å². The standard InChI is InChI=1S/C31H17BN2O/c33-18-19-9-11-20(12-10-19)21-13-15-25-29(17-21)35-28-16-14-23-22-5-1-3-7-26(22)34-27-8-4-2-6-24(27)32(25)30(28)31(23)34/h1-17H. The minimum Gasteiger partial charge on any atom is -0.458 e. The van der Waals surface area contributed by atoms with E-state index < -0.39 is 0 Å². The molecule has 0 saturated carbocycles. The van der Waals surface area contributed by atoms with Crippen LogP contribution in [-0.4, -0.2) is 11.3 Å². The second kappa shape index (κ2) is 6.65. The van der Waals surface area contributed by atoms with Crippen LogP contribution in [0.25, 0.3) is 38.6 Å². The molecule has 35 heavy (non-hydrogen) atoms. The zero-order chi connectivity index (χ0) is 23.1. The van der Waals surface area contributed by atoms with Gasteiger partial charge < -0.3 is 9.30 Å². The van der Waals surface area contributed by atoms with Crippen molar-refractivity contribution in [3.05, 3.63) is 109 Å². The Morgan fingerprint density at radius 3 is 2.37 bits per heavy atom. The van der Waals surface area contributed by atoms with Crippen molar-refractivity contribution in [2.24, 2.45) is 0 Å². The maximum Gasteiger partial charge on any atom is 0.256 e. The molecule has 3 heterocycles. The SMILES string of the molecule is N#Cc1ccc(-c2ccc3c(c2)Oc2ccc4c5ccccc5n5c4c2B3c2ccccc2-5)cc1. The number of benzene rings is 5. The molecule has 160 valence electrons. The fourth-order valence-electron chi connectivity index (χ4n) is 5.99. The van der Waals surface area contributed by atoms with E-state index in [-0.39, 0.29) is 6.71 Å². The smallest absolute Gasteiger partial charge is 0.256 e. The Bertz CT molecular complexity index is 1890. The molecule has 0 fully saturated rings. The first kappa shape index (κ1) is 18.7. The second-order valence-corrected chi connectivity index (χ2v) is 9.26. The van der Waals surface area contributed by atoms with Crippen molar-refractivity contribution in [1.82, 2.24) is 4.57 Å². The maximum atomic E-state index is 9.14. The highest BCUT2D eigenvalue weighted by Crippen LogP contribution is 2.38. The molecule has 0 aliphatic carbocycles. The summed E-state index contributed by atoms with van der Waals surface area (Å²) in [7, 11) is 0. The van der Waals surface area contributed by atoms with Gasteiger partial charge in [0.15, 0.2) is 0 Å². The zero-order valence-corrected chi connectivity index (χ0v) is 18.7. The van der Waals surface area contributed by atoms with E-state index in [1.807, 2.05) is 24.3 Å². The number of aromatic nitrogens is 1. The Hall–Kier alpha value is -4.75. The summed E-state index contributed by atoms with van der Waals surface area (Å²) in [5, 5.41) is 11.7. The van der Waals surface area contributed by atoms with Crippen LogP contribution in [0.5, 0.6) is 11.5 Å². The third-order valence-electron chi connectivity index (χ3n) is 7.50. The minimum atomic E-state index is 0.112.